The first-order valence-corrected chi connectivity index (χ1v) is 14.8. The zero-order valence-corrected chi connectivity index (χ0v) is 24.6. The van der Waals surface area contributed by atoms with Crippen molar-refractivity contribution in [3.8, 4) is 5.75 Å². The maximum atomic E-state index is 13.0. The van der Waals surface area contributed by atoms with E-state index in [2.05, 4.69) is 42.2 Å². The van der Waals surface area contributed by atoms with Gasteiger partial charge in [-0.3, -0.25) is 19.4 Å². The quantitative estimate of drug-likeness (QED) is 0.198. The summed E-state index contributed by atoms with van der Waals surface area (Å²) in [6, 6.07) is 14.8. The molecule has 39 heavy (non-hydrogen) atoms. The van der Waals surface area contributed by atoms with E-state index in [1.807, 2.05) is 32.9 Å². The van der Waals surface area contributed by atoms with Crippen molar-refractivity contribution in [3.05, 3.63) is 64.7 Å². The molecule has 0 radical (unpaired) electrons. The monoisotopic (exact) mass is 547 g/mol. The number of nitrogens with zero attached hydrogens (tertiary/aromatic N) is 3. The van der Waals surface area contributed by atoms with Crippen LogP contribution < -0.4 is 9.64 Å². The maximum absolute atomic E-state index is 13.0. The summed E-state index contributed by atoms with van der Waals surface area (Å²) in [5, 5.41) is 0.278. The minimum atomic E-state index is -0.334. The second-order valence-corrected chi connectivity index (χ2v) is 10.7. The van der Waals surface area contributed by atoms with Crippen LogP contribution in [0.4, 0.5) is 5.69 Å². The Labute approximate surface area is 238 Å². The van der Waals surface area contributed by atoms with Crippen LogP contribution in [0.2, 0.25) is 0 Å². The summed E-state index contributed by atoms with van der Waals surface area (Å²) in [6.07, 6.45) is 8.36. The zero-order chi connectivity index (χ0) is 27.9. The average molecular weight is 548 g/mol. The summed E-state index contributed by atoms with van der Waals surface area (Å²) >= 11 is 5.37. The Morgan fingerprint density at radius 3 is 2.15 bits per heavy atom. The van der Waals surface area contributed by atoms with Crippen LogP contribution in [0, 0.1) is 6.92 Å². The molecule has 2 aliphatic rings. The molecule has 1 aliphatic carbocycles. The third kappa shape index (κ3) is 6.52. The molecule has 1 saturated heterocycles. The first kappa shape index (κ1) is 28.8. The molecule has 1 heterocycles. The molecule has 2 aromatic carbocycles. The minimum Gasteiger partial charge on any atom is -0.492 e. The van der Waals surface area contributed by atoms with Crippen molar-refractivity contribution in [2.45, 2.75) is 65.7 Å². The molecule has 0 bridgehead atoms. The molecule has 2 aromatic rings. The van der Waals surface area contributed by atoms with E-state index >= 15 is 0 Å². The third-order valence-electron chi connectivity index (χ3n) is 7.93. The number of carbonyl (C=O) groups is 2. The van der Waals surface area contributed by atoms with Gasteiger partial charge in [0.2, 0.25) is 0 Å². The number of thiocarbonyl (C=S) groups is 1. The molecule has 2 amide bonds. The molecule has 0 spiro atoms. The van der Waals surface area contributed by atoms with Gasteiger partial charge in [-0.05, 0) is 106 Å². The van der Waals surface area contributed by atoms with Crippen LogP contribution >= 0.6 is 12.2 Å². The third-order valence-corrected chi connectivity index (χ3v) is 8.37. The van der Waals surface area contributed by atoms with Gasteiger partial charge < -0.3 is 9.64 Å². The van der Waals surface area contributed by atoms with E-state index < -0.39 is 0 Å². The van der Waals surface area contributed by atoms with Gasteiger partial charge in [0.25, 0.3) is 11.8 Å². The number of benzene rings is 2. The van der Waals surface area contributed by atoms with Gasteiger partial charge in [0, 0.05) is 25.3 Å². The first-order valence-electron chi connectivity index (χ1n) is 14.4. The van der Waals surface area contributed by atoms with Crippen molar-refractivity contribution < 1.29 is 14.3 Å². The molecule has 6 nitrogen and oxygen atoms in total. The summed E-state index contributed by atoms with van der Waals surface area (Å²) < 4.78 is 6.08. The van der Waals surface area contributed by atoms with Gasteiger partial charge in [-0.15, -0.1) is 0 Å². The van der Waals surface area contributed by atoms with Crippen molar-refractivity contribution in [1.82, 2.24) is 9.80 Å². The Morgan fingerprint density at radius 2 is 1.59 bits per heavy atom. The zero-order valence-electron chi connectivity index (χ0n) is 23.7. The van der Waals surface area contributed by atoms with Gasteiger partial charge in [0.1, 0.15) is 17.9 Å². The van der Waals surface area contributed by atoms with Crippen LogP contribution in [0.5, 0.6) is 5.75 Å². The SMILES string of the molecule is CCN1C(=O)C(=Cc2ccc(N(CC)CCOc3ccc(C4CCCCC4)cc3)cc2C)C(=O)N(CC)C1=S. The summed E-state index contributed by atoms with van der Waals surface area (Å²) in [7, 11) is 0. The summed E-state index contributed by atoms with van der Waals surface area (Å²) in [4.78, 5) is 31.3. The number of hydrogen-bond donors (Lipinski definition) is 0. The van der Waals surface area contributed by atoms with Crippen LogP contribution in [0.25, 0.3) is 6.08 Å². The predicted molar refractivity (Wildman–Crippen MR) is 162 cm³/mol. The summed E-state index contributed by atoms with van der Waals surface area (Å²) in [6.45, 7) is 10.9. The Kier molecular flexibility index (Phi) is 9.78. The Balaban J connectivity index is 1.40. The van der Waals surface area contributed by atoms with Crippen molar-refractivity contribution in [2.24, 2.45) is 0 Å². The molecule has 1 aliphatic heterocycles. The van der Waals surface area contributed by atoms with Crippen LogP contribution in [0.1, 0.15) is 75.5 Å². The highest BCUT2D eigenvalue weighted by Crippen LogP contribution is 2.33. The van der Waals surface area contributed by atoms with Gasteiger partial charge in [0.15, 0.2) is 5.11 Å². The Morgan fingerprint density at radius 1 is 0.949 bits per heavy atom. The number of hydrogen-bond acceptors (Lipinski definition) is 5. The molecule has 1 saturated carbocycles. The number of aryl methyl sites for hydroxylation is 1. The normalized spacial score (nSPS) is 16.6. The Hall–Kier alpha value is -3.19. The molecule has 0 N–H and O–H groups in total. The lowest BCUT2D eigenvalue weighted by Gasteiger charge is -2.35. The largest absolute Gasteiger partial charge is 0.492 e. The summed E-state index contributed by atoms with van der Waals surface area (Å²) in [5.74, 6) is 0.945. The number of anilines is 1. The fraction of sp³-hybridized carbons (Fsp3) is 0.469. The molecule has 7 heteroatoms. The molecule has 0 unspecified atom stereocenters. The molecule has 0 atom stereocenters. The summed E-state index contributed by atoms with van der Waals surface area (Å²) in [5.41, 5.74) is 4.52. The van der Waals surface area contributed by atoms with Crippen molar-refractivity contribution >= 4 is 40.9 Å². The second kappa shape index (κ2) is 13.2. The number of ether oxygens (including phenoxy) is 1. The molecular weight excluding hydrogens is 506 g/mol. The molecule has 2 fully saturated rings. The Bertz CT molecular complexity index is 1190. The van der Waals surface area contributed by atoms with E-state index in [0.717, 1.165) is 35.7 Å². The molecule has 0 aromatic heterocycles. The van der Waals surface area contributed by atoms with E-state index in [4.69, 9.17) is 17.0 Å². The van der Waals surface area contributed by atoms with Gasteiger partial charge in [-0.25, -0.2) is 0 Å². The van der Waals surface area contributed by atoms with Crippen LogP contribution in [-0.2, 0) is 9.59 Å². The number of likely N-dealkylation sites (N-methyl/N-ethyl adjacent to an activating group) is 3. The lowest BCUT2D eigenvalue weighted by molar-refractivity contribution is -0.133. The molecular formula is C32H41N3O3S. The smallest absolute Gasteiger partial charge is 0.265 e. The lowest BCUT2D eigenvalue weighted by Crippen LogP contribution is -2.55. The number of carbonyl (C=O) groups excluding carboxylic acids is 2. The number of amides is 2. The molecule has 208 valence electrons. The highest BCUT2D eigenvalue weighted by atomic mass is 32.1. The number of rotatable bonds is 10. The highest BCUT2D eigenvalue weighted by molar-refractivity contribution is 7.80. The van der Waals surface area contributed by atoms with E-state index in [-0.39, 0.29) is 22.5 Å². The predicted octanol–water partition coefficient (Wildman–Crippen LogP) is 6.33. The molecule has 4 rings (SSSR count). The van der Waals surface area contributed by atoms with Crippen molar-refractivity contribution in [2.75, 3.05) is 37.7 Å². The fourth-order valence-electron chi connectivity index (χ4n) is 5.57. The van der Waals surface area contributed by atoms with Crippen molar-refractivity contribution in [1.29, 1.82) is 0 Å². The van der Waals surface area contributed by atoms with E-state index in [0.29, 0.717) is 25.6 Å². The van der Waals surface area contributed by atoms with Gasteiger partial charge in [0.05, 0.1) is 6.54 Å². The average Bonchev–Trinajstić information content (AvgIpc) is 2.95. The first-order chi connectivity index (χ1) is 18.9. The standard InChI is InChI=1S/C32H41N3O3S/c1-5-33(19-20-38-28-17-14-25(15-18-28)24-11-9-8-10-12-24)27-16-13-26(23(4)21-27)22-29-30(36)34(6-2)32(39)35(7-3)31(29)37/h13-18,21-22,24H,5-12,19-20H2,1-4H3. The fourth-order valence-corrected chi connectivity index (χ4v) is 6.00. The van der Waals surface area contributed by atoms with E-state index in [9.17, 15) is 9.59 Å². The lowest BCUT2D eigenvalue weighted by atomic mass is 9.84. The highest BCUT2D eigenvalue weighted by Gasteiger charge is 2.37. The van der Waals surface area contributed by atoms with Gasteiger partial charge in [-0.1, -0.05) is 37.5 Å². The van der Waals surface area contributed by atoms with Crippen LogP contribution in [0.3, 0.4) is 0 Å². The van der Waals surface area contributed by atoms with Crippen LogP contribution in [0.15, 0.2) is 48.0 Å². The van der Waals surface area contributed by atoms with Crippen molar-refractivity contribution in [3.63, 3.8) is 0 Å². The topological polar surface area (TPSA) is 53.1 Å². The minimum absolute atomic E-state index is 0.151. The van der Waals surface area contributed by atoms with E-state index in [1.54, 1.807) is 6.08 Å². The maximum Gasteiger partial charge on any atom is 0.265 e. The van der Waals surface area contributed by atoms with Gasteiger partial charge >= 0.3 is 0 Å². The van der Waals surface area contributed by atoms with Gasteiger partial charge in [-0.2, -0.15) is 0 Å². The second-order valence-electron chi connectivity index (χ2n) is 10.3. The van der Waals surface area contributed by atoms with E-state index in [1.165, 1.54) is 47.5 Å². The van der Waals surface area contributed by atoms with Crippen LogP contribution in [-0.4, -0.2) is 59.5 Å².